The number of thiophene rings is 1. The van der Waals surface area contributed by atoms with E-state index < -0.39 is 6.10 Å². The predicted molar refractivity (Wildman–Crippen MR) is 64.4 cm³/mol. The lowest BCUT2D eigenvalue weighted by Gasteiger charge is -2.09. The lowest BCUT2D eigenvalue weighted by atomic mass is 10.2. The quantitative estimate of drug-likeness (QED) is 0.849. The molecule has 5 heteroatoms. The molecule has 2 heterocycles. The van der Waals surface area contributed by atoms with Crippen LogP contribution in [0, 0.1) is 11.3 Å². The summed E-state index contributed by atoms with van der Waals surface area (Å²) in [6.45, 7) is 0.961. The van der Waals surface area contributed by atoms with Gasteiger partial charge in [0.05, 0.1) is 12.6 Å². The molecular formula is C12H12N2O2S. The molecule has 2 aromatic rings. The molecule has 0 bridgehead atoms. The second-order valence-electron chi connectivity index (χ2n) is 3.58. The molecule has 0 aliphatic heterocycles. The Morgan fingerprint density at radius 3 is 3.00 bits per heavy atom. The van der Waals surface area contributed by atoms with E-state index in [2.05, 4.69) is 5.32 Å². The molecule has 2 aromatic heterocycles. The number of rotatable bonds is 5. The van der Waals surface area contributed by atoms with Crippen molar-refractivity contribution in [3.8, 4) is 6.07 Å². The van der Waals surface area contributed by atoms with Crippen molar-refractivity contribution in [1.82, 2.24) is 5.32 Å². The van der Waals surface area contributed by atoms with E-state index in [1.54, 1.807) is 23.5 Å². The van der Waals surface area contributed by atoms with E-state index in [0.29, 0.717) is 24.6 Å². The van der Waals surface area contributed by atoms with Gasteiger partial charge >= 0.3 is 0 Å². The molecule has 0 fully saturated rings. The minimum absolute atomic E-state index is 0.306. The maximum Gasteiger partial charge on any atom is 0.203 e. The van der Waals surface area contributed by atoms with E-state index >= 15 is 0 Å². The minimum atomic E-state index is -0.508. The minimum Gasteiger partial charge on any atom is -0.449 e. The summed E-state index contributed by atoms with van der Waals surface area (Å²) in [5.74, 6) is 0.999. The van der Waals surface area contributed by atoms with Crippen molar-refractivity contribution in [2.24, 2.45) is 0 Å². The number of hydrogen-bond acceptors (Lipinski definition) is 5. The van der Waals surface area contributed by atoms with Gasteiger partial charge in [-0.1, -0.05) is 0 Å². The Bertz CT molecular complexity index is 499. The Labute approximate surface area is 103 Å². The lowest BCUT2D eigenvalue weighted by Crippen LogP contribution is -2.20. The normalized spacial score (nSPS) is 12.2. The number of nitrogens with one attached hydrogen (secondary N) is 1. The van der Waals surface area contributed by atoms with Crippen LogP contribution < -0.4 is 5.32 Å². The third-order valence-electron chi connectivity index (χ3n) is 2.34. The van der Waals surface area contributed by atoms with Gasteiger partial charge in [-0.05, 0) is 34.5 Å². The first kappa shape index (κ1) is 11.9. The summed E-state index contributed by atoms with van der Waals surface area (Å²) < 4.78 is 5.20. The van der Waals surface area contributed by atoms with Gasteiger partial charge in [0.25, 0.3) is 0 Å². The highest BCUT2D eigenvalue weighted by Crippen LogP contribution is 2.15. The maximum atomic E-state index is 9.80. The molecular weight excluding hydrogens is 236 g/mol. The molecule has 0 saturated carbocycles. The molecule has 0 radical (unpaired) electrons. The molecule has 2 N–H and O–H groups in total. The summed E-state index contributed by atoms with van der Waals surface area (Å²) in [5, 5.41) is 25.3. The first-order chi connectivity index (χ1) is 8.29. The fraction of sp³-hybridized carbons (Fsp3) is 0.250. The first-order valence-corrected chi connectivity index (χ1v) is 6.13. The topological polar surface area (TPSA) is 69.2 Å². The predicted octanol–water partition coefficient (Wildman–Crippen LogP) is 2.04. The second kappa shape index (κ2) is 5.64. The van der Waals surface area contributed by atoms with Gasteiger partial charge in [-0.15, -0.1) is 0 Å². The Balaban J connectivity index is 1.78. The van der Waals surface area contributed by atoms with Crippen molar-refractivity contribution in [2.45, 2.75) is 12.6 Å². The molecule has 0 aliphatic carbocycles. The third-order valence-corrected chi connectivity index (χ3v) is 3.04. The highest BCUT2D eigenvalue weighted by atomic mass is 32.1. The smallest absolute Gasteiger partial charge is 0.203 e. The molecule has 4 nitrogen and oxygen atoms in total. The average molecular weight is 248 g/mol. The Kier molecular flexibility index (Phi) is 3.94. The van der Waals surface area contributed by atoms with Crippen LogP contribution in [0.15, 0.2) is 33.4 Å². The largest absolute Gasteiger partial charge is 0.449 e. The van der Waals surface area contributed by atoms with Crippen molar-refractivity contribution < 1.29 is 9.52 Å². The van der Waals surface area contributed by atoms with E-state index in [1.165, 1.54) is 0 Å². The third kappa shape index (κ3) is 3.17. The van der Waals surface area contributed by atoms with Crippen molar-refractivity contribution in [2.75, 3.05) is 6.54 Å². The van der Waals surface area contributed by atoms with E-state index in [0.717, 1.165) is 5.56 Å². The van der Waals surface area contributed by atoms with Crippen LogP contribution in [-0.4, -0.2) is 11.7 Å². The van der Waals surface area contributed by atoms with Crippen LogP contribution in [0.5, 0.6) is 0 Å². The average Bonchev–Trinajstić information content (AvgIpc) is 3.00. The molecule has 0 aromatic carbocycles. The molecule has 1 atom stereocenters. The summed E-state index contributed by atoms with van der Waals surface area (Å²) in [5.41, 5.74) is 0.916. The number of nitriles is 1. The zero-order valence-electron chi connectivity index (χ0n) is 9.09. The zero-order valence-corrected chi connectivity index (χ0v) is 9.91. The van der Waals surface area contributed by atoms with Crippen molar-refractivity contribution >= 4 is 11.3 Å². The van der Waals surface area contributed by atoms with E-state index in [4.69, 9.17) is 9.68 Å². The molecule has 0 amide bonds. The van der Waals surface area contributed by atoms with Crippen LogP contribution in [0.1, 0.15) is 23.2 Å². The van der Waals surface area contributed by atoms with Gasteiger partial charge in [-0.25, -0.2) is 0 Å². The van der Waals surface area contributed by atoms with Crippen LogP contribution in [0.25, 0.3) is 0 Å². The van der Waals surface area contributed by atoms with E-state index in [-0.39, 0.29) is 0 Å². The van der Waals surface area contributed by atoms with Gasteiger partial charge in [0.1, 0.15) is 11.8 Å². The van der Waals surface area contributed by atoms with Crippen LogP contribution >= 0.6 is 11.3 Å². The second-order valence-corrected chi connectivity index (χ2v) is 4.36. The molecule has 0 saturated heterocycles. The van der Waals surface area contributed by atoms with E-state index in [9.17, 15) is 5.11 Å². The molecule has 2 rings (SSSR count). The van der Waals surface area contributed by atoms with Gasteiger partial charge in [0.2, 0.25) is 5.76 Å². The number of furan rings is 1. The Morgan fingerprint density at radius 2 is 2.35 bits per heavy atom. The molecule has 0 aliphatic rings. The van der Waals surface area contributed by atoms with Gasteiger partial charge in [-0.3, -0.25) is 0 Å². The molecule has 17 heavy (non-hydrogen) atoms. The summed E-state index contributed by atoms with van der Waals surface area (Å²) in [6.07, 6.45) is -0.508. The maximum absolute atomic E-state index is 9.80. The first-order valence-electron chi connectivity index (χ1n) is 5.19. The molecule has 0 spiro atoms. The number of hydrogen-bond donors (Lipinski definition) is 2. The van der Waals surface area contributed by atoms with Crippen LogP contribution in [0.2, 0.25) is 0 Å². The van der Waals surface area contributed by atoms with Gasteiger partial charge in [0, 0.05) is 6.54 Å². The standard InChI is InChI=1S/C12H12N2O2S/c13-5-10-1-2-11(16-10)6-14-7-12(15)9-3-4-17-8-9/h1-4,8,12,14-15H,6-7H2. The monoisotopic (exact) mass is 248 g/mol. The number of aliphatic hydroxyl groups is 1. The van der Waals surface area contributed by atoms with Crippen LogP contribution in [0.3, 0.4) is 0 Å². The molecule has 88 valence electrons. The van der Waals surface area contributed by atoms with Crippen molar-refractivity contribution in [3.63, 3.8) is 0 Å². The number of nitrogens with zero attached hydrogens (tertiary/aromatic N) is 1. The van der Waals surface area contributed by atoms with Crippen LogP contribution in [-0.2, 0) is 6.54 Å². The number of aliphatic hydroxyl groups excluding tert-OH is 1. The van der Waals surface area contributed by atoms with Gasteiger partial charge in [-0.2, -0.15) is 16.6 Å². The summed E-state index contributed by atoms with van der Waals surface area (Å²) in [6, 6.07) is 7.21. The lowest BCUT2D eigenvalue weighted by molar-refractivity contribution is 0.174. The SMILES string of the molecule is N#Cc1ccc(CNCC(O)c2ccsc2)o1. The van der Waals surface area contributed by atoms with Crippen molar-refractivity contribution in [1.29, 1.82) is 5.26 Å². The fourth-order valence-corrected chi connectivity index (χ4v) is 2.15. The molecule has 1 unspecified atom stereocenters. The Hall–Kier alpha value is -1.61. The van der Waals surface area contributed by atoms with Gasteiger partial charge in [0.15, 0.2) is 0 Å². The highest BCUT2D eigenvalue weighted by molar-refractivity contribution is 7.07. The van der Waals surface area contributed by atoms with Crippen LogP contribution in [0.4, 0.5) is 0 Å². The van der Waals surface area contributed by atoms with Crippen molar-refractivity contribution in [3.05, 3.63) is 46.0 Å². The Morgan fingerprint density at radius 1 is 1.47 bits per heavy atom. The summed E-state index contributed by atoms with van der Waals surface area (Å²) in [7, 11) is 0. The zero-order chi connectivity index (χ0) is 12.1. The van der Waals surface area contributed by atoms with E-state index in [1.807, 2.05) is 22.9 Å². The van der Waals surface area contributed by atoms with Gasteiger partial charge < -0.3 is 14.8 Å². The summed E-state index contributed by atoms with van der Waals surface area (Å²) in [4.78, 5) is 0. The fourth-order valence-electron chi connectivity index (χ4n) is 1.45. The highest BCUT2D eigenvalue weighted by Gasteiger charge is 2.07. The summed E-state index contributed by atoms with van der Waals surface area (Å²) >= 11 is 1.56.